The first-order valence-electron chi connectivity index (χ1n) is 7.51. The first kappa shape index (κ1) is 16.3. The molecule has 1 saturated heterocycles. The second-order valence-electron chi connectivity index (χ2n) is 5.46. The van der Waals surface area contributed by atoms with Crippen LogP contribution in [0.15, 0.2) is 42.5 Å². The number of hydrogen-bond donors (Lipinski definition) is 2. The number of carbonyl (C=O) groups excluding carboxylic acids is 1. The van der Waals surface area contributed by atoms with E-state index < -0.39 is 5.23 Å². The fourth-order valence-electron chi connectivity index (χ4n) is 2.69. The number of methoxy groups -OCH3 is 1. The Hall–Kier alpha value is -2.61. The summed E-state index contributed by atoms with van der Waals surface area (Å²) in [5.74, 6) is 0.644. The normalized spacial score (nSPS) is 15.3. The molecule has 0 aromatic heterocycles. The standard InChI is InChI=1S/C17H18N2O5/c1-23-16-6-5-12(11-18-7-8-24-17(18)20)9-15(16)13-3-2-4-14(10-13)19(21)22/h2-6,9-10,19,21H,7-8,11H2,1H3. The van der Waals surface area contributed by atoms with E-state index in [1.807, 2.05) is 24.3 Å². The molecule has 1 unspecified atom stereocenters. The number of ether oxygens (including phenoxy) is 2. The number of nitrogens with one attached hydrogen (secondary N) is 1. The largest absolute Gasteiger partial charge is 0.595 e. The van der Waals surface area contributed by atoms with Gasteiger partial charge in [-0.3, -0.25) is 0 Å². The highest BCUT2D eigenvalue weighted by molar-refractivity contribution is 5.73. The van der Waals surface area contributed by atoms with Crippen molar-refractivity contribution in [2.45, 2.75) is 6.54 Å². The maximum absolute atomic E-state index is 11.6. The van der Waals surface area contributed by atoms with Crippen LogP contribution in [0.3, 0.4) is 0 Å². The molecule has 3 rings (SSSR count). The van der Waals surface area contributed by atoms with Gasteiger partial charge >= 0.3 is 6.09 Å². The van der Waals surface area contributed by atoms with Crippen LogP contribution in [0.25, 0.3) is 11.1 Å². The van der Waals surface area contributed by atoms with Gasteiger partial charge in [-0.2, -0.15) is 5.23 Å². The molecule has 1 amide bonds. The molecule has 2 aromatic carbocycles. The van der Waals surface area contributed by atoms with Gasteiger partial charge in [0.1, 0.15) is 12.4 Å². The van der Waals surface area contributed by atoms with E-state index >= 15 is 0 Å². The van der Waals surface area contributed by atoms with Crippen molar-refractivity contribution in [1.29, 1.82) is 0 Å². The Kier molecular flexibility index (Phi) is 4.66. The third kappa shape index (κ3) is 3.33. The van der Waals surface area contributed by atoms with E-state index in [4.69, 9.17) is 14.7 Å². The summed E-state index contributed by atoms with van der Waals surface area (Å²) in [5, 5.41) is 19.4. The zero-order chi connectivity index (χ0) is 17.1. The molecule has 2 N–H and O–H groups in total. The van der Waals surface area contributed by atoms with Gasteiger partial charge in [0.05, 0.1) is 13.7 Å². The average Bonchev–Trinajstić information content (AvgIpc) is 3.00. The fourth-order valence-corrected chi connectivity index (χ4v) is 2.69. The predicted octanol–water partition coefficient (Wildman–Crippen LogP) is 1.72. The molecule has 7 heteroatoms. The van der Waals surface area contributed by atoms with Crippen molar-refractivity contribution in [2.75, 3.05) is 20.3 Å². The van der Waals surface area contributed by atoms with Crippen LogP contribution in [0.5, 0.6) is 5.75 Å². The summed E-state index contributed by atoms with van der Waals surface area (Å²) in [6, 6.07) is 12.3. The predicted molar refractivity (Wildman–Crippen MR) is 86.0 cm³/mol. The number of rotatable bonds is 5. The number of amides is 1. The molecule has 0 radical (unpaired) electrons. The van der Waals surface area contributed by atoms with E-state index in [0.717, 1.165) is 16.7 Å². The van der Waals surface area contributed by atoms with Gasteiger partial charge in [0.25, 0.3) is 0 Å². The zero-order valence-corrected chi connectivity index (χ0v) is 13.2. The highest BCUT2D eigenvalue weighted by Gasteiger charge is 2.22. The molecule has 0 saturated carbocycles. The maximum Gasteiger partial charge on any atom is 0.410 e. The van der Waals surface area contributed by atoms with Crippen LogP contribution >= 0.6 is 0 Å². The second kappa shape index (κ2) is 6.88. The Labute approximate surface area is 139 Å². The van der Waals surface area contributed by atoms with Gasteiger partial charge in [-0.15, -0.1) is 0 Å². The SMILES string of the molecule is COc1ccc(CN2CCOC2=O)cc1-c1cccc([NH+]([O-])O)c1. The third-order valence-corrected chi connectivity index (χ3v) is 3.90. The van der Waals surface area contributed by atoms with E-state index in [9.17, 15) is 10.0 Å². The lowest BCUT2D eigenvalue weighted by Crippen LogP contribution is -2.99. The van der Waals surface area contributed by atoms with Crippen molar-refractivity contribution in [2.24, 2.45) is 0 Å². The Morgan fingerprint density at radius 3 is 2.83 bits per heavy atom. The van der Waals surface area contributed by atoms with E-state index in [-0.39, 0.29) is 11.8 Å². The molecule has 1 aliphatic heterocycles. The van der Waals surface area contributed by atoms with Crippen LogP contribution in [0, 0.1) is 5.21 Å². The van der Waals surface area contributed by atoms with Gasteiger partial charge < -0.3 is 19.6 Å². The molecule has 7 nitrogen and oxygen atoms in total. The van der Waals surface area contributed by atoms with Gasteiger partial charge in [-0.05, 0) is 23.3 Å². The topological polar surface area (TPSA) is 86.5 Å². The van der Waals surface area contributed by atoms with Crippen LogP contribution in [-0.4, -0.2) is 36.5 Å². The van der Waals surface area contributed by atoms with Crippen molar-refractivity contribution in [3.05, 3.63) is 53.2 Å². The fraction of sp³-hybridized carbons (Fsp3) is 0.235. The highest BCUT2D eigenvalue weighted by atomic mass is 16.8. The molecule has 126 valence electrons. The van der Waals surface area contributed by atoms with Crippen molar-refractivity contribution in [3.8, 4) is 16.9 Å². The first-order chi connectivity index (χ1) is 11.6. The van der Waals surface area contributed by atoms with E-state index in [1.54, 1.807) is 30.2 Å². The third-order valence-electron chi connectivity index (χ3n) is 3.90. The van der Waals surface area contributed by atoms with Gasteiger partial charge in [-0.25, -0.2) is 10.0 Å². The van der Waals surface area contributed by atoms with Crippen molar-refractivity contribution >= 4 is 11.8 Å². The Balaban J connectivity index is 1.95. The van der Waals surface area contributed by atoms with Crippen LogP contribution < -0.4 is 9.96 Å². The van der Waals surface area contributed by atoms with Crippen molar-refractivity contribution in [1.82, 2.24) is 4.90 Å². The van der Waals surface area contributed by atoms with Crippen molar-refractivity contribution < 1.29 is 24.7 Å². The lowest BCUT2D eigenvalue weighted by Gasteiger charge is -2.16. The van der Waals surface area contributed by atoms with E-state index in [1.165, 1.54) is 0 Å². The first-order valence-corrected chi connectivity index (χ1v) is 7.51. The minimum absolute atomic E-state index is 0.211. The van der Waals surface area contributed by atoms with Crippen LogP contribution in [0.2, 0.25) is 0 Å². The Bertz CT molecular complexity index is 748. The van der Waals surface area contributed by atoms with Crippen LogP contribution in [-0.2, 0) is 11.3 Å². The van der Waals surface area contributed by atoms with Crippen LogP contribution in [0.1, 0.15) is 5.56 Å². The summed E-state index contributed by atoms with van der Waals surface area (Å²) in [6.07, 6.45) is -0.319. The quantitative estimate of drug-likeness (QED) is 0.815. The summed E-state index contributed by atoms with van der Waals surface area (Å²) < 4.78 is 10.3. The minimum Gasteiger partial charge on any atom is -0.595 e. The number of quaternary nitrogens is 1. The molecular formula is C17H18N2O5. The summed E-state index contributed by atoms with van der Waals surface area (Å²) in [6.45, 7) is 1.41. The molecule has 1 atom stereocenters. The van der Waals surface area contributed by atoms with Gasteiger partial charge in [-0.1, -0.05) is 18.2 Å². The molecular weight excluding hydrogens is 312 g/mol. The summed E-state index contributed by atoms with van der Waals surface area (Å²) >= 11 is 0. The Morgan fingerprint density at radius 2 is 2.17 bits per heavy atom. The minimum atomic E-state index is -0.980. The molecule has 1 heterocycles. The van der Waals surface area contributed by atoms with Gasteiger partial charge in [0.2, 0.25) is 0 Å². The van der Waals surface area contributed by atoms with Gasteiger partial charge in [0, 0.05) is 24.2 Å². The highest BCUT2D eigenvalue weighted by Crippen LogP contribution is 2.32. The zero-order valence-electron chi connectivity index (χ0n) is 13.2. The van der Waals surface area contributed by atoms with E-state index in [2.05, 4.69) is 0 Å². The molecule has 0 bridgehead atoms. The number of cyclic esters (lactones) is 1. The molecule has 1 fully saturated rings. The number of carbonyl (C=O) groups is 1. The number of nitrogens with zero attached hydrogens (tertiary/aromatic N) is 1. The summed E-state index contributed by atoms with van der Waals surface area (Å²) in [7, 11) is 1.57. The Morgan fingerprint density at radius 1 is 1.33 bits per heavy atom. The number of hydrogen-bond acceptors (Lipinski definition) is 5. The summed E-state index contributed by atoms with van der Waals surface area (Å²) in [4.78, 5) is 13.2. The summed E-state index contributed by atoms with van der Waals surface area (Å²) in [5.41, 5.74) is 2.66. The molecule has 24 heavy (non-hydrogen) atoms. The monoisotopic (exact) mass is 330 g/mol. The smallest absolute Gasteiger partial charge is 0.410 e. The number of benzene rings is 2. The van der Waals surface area contributed by atoms with E-state index in [0.29, 0.717) is 25.4 Å². The second-order valence-corrected chi connectivity index (χ2v) is 5.46. The lowest BCUT2D eigenvalue weighted by atomic mass is 10.0. The van der Waals surface area contributed by atoms with Gasteiger partial charge in [0.15, 0.2) is 5.69 Å². The molecule has 0 aliphatic carbocycles. The molecule has 0 spiro atoms. The van der Waals surface area contributed by atoms with Crippen molar-refractivity contribution in [3.63, 3.8) is 0 Å². The molecule has 2 aromatic rings. The molecule has 1 aliphatic rings. The lowest BCUT2D eigenvalue weighted by molar-refractivity contribution is -0.991. The average molecular weight is 330 g/mol. The maximum atomic E-state index is 11.6. The van der Waals surface area contributed by atoms with Crippen LogP contribution in [0.4, 0.5) is 10.5 Å².